The maximum absolute atomic E-state index is 11.0. The maximum Gasteiger partial charge on any atom is 0.306 e. The molecule has 4 heteroatoms. The van der Waals surface area contributed by atoms with Crippen molar-refractivity contribution in [3.05, 3.63) is 29.3 Å². The molecule has 2 unspecified atom stereocenters. The molecule has 1 aromatic carbocycles. The Hall–Kier alpha value is -1.55. The van der Waals surface area contributed by atoms with Gasteiger partial charge in [0.25, 0.3) is 0 Å². The van der Waals surface area contributed by atoms with Gasteiger partial charge in [-0.05, 0) is 37.1 Å². The number of ether oxygens (including phenoxy) is 1. The highest BCUT2D eigenvalue weighted by atomic mass is 16.5. The third-order valence-corrected chi connectivity index (χ3v) is 3.45. The molecular formula is C15H23NO3. The first-order valence-corrected chi connectivity index (χ1v) is 6.60. The number of nitrogens with one attached hydrogen (secondary N) is 1. The molecule has 2 atom stereocenters. The second-order valence-electron chi connectivity index (χ2n) is 4.74. The SMILES string of the molecule is CCc1cc(C(CC(C)C(=O)O)NC)ccc1OC. The lowest BCUT2D eigenvalue weighted by molar-refractivity contribution is -0.141. The molecule has 1 rings (SSSR count). The van der Waals surface area contributed by atoms with Crippen LogP contribution in [0.3, 0.4) is 0 Å². The number of hydrogen-bond acceptors (Lipinski definition) is 3. The average molecular weight is 265 g/mol. The maximum atomic E-state index is 11.0. The zero-order chi connectivity index (χ0) is 14.4. The largest absolute Gasteiger partial charge is 0.496 e. The van der Waals surface area contributed by atoms with Crippen molar-refractivity contribution >= 4 is 5.97 Å². The molecular weight excluding hydrogens is 242 g/mol. The highest BCUT2D eigenvalue weighted by Gasteiger charge is 2.19. The van der Waals surface area contributed by atoms with Crippen LogP contribution in [0.1, 0.15) is 37.4 Å². The van der Waals surface area contributed by atoms with Gasteiger partial charge < -0.3 is 15.2 Å². The first-order valence-electron chi connectivity index (χ1n) is 6.60. The number of carbonyl (C=O) groups is 1. The Balaban J connectivity index is 2.95. The third kappa shape index (κ3) is 3.96. The van der Waals surface area contributed by atoms with Gasteiger partial charge in [0.15, 0.2) is 0 Å². The molecule has 0 aliphatic rings. The minimum Gasteiger partial charge on any atom is -0.496 e. The Labute approximate surface area is 114 Å². The van der Waals surface area contributed by atoms with E-state index in [1.54, 1.807) is 14.0 Å². The smallest absolute Gasteiger partial charge is 0.306 e. The molecule has 0 spiro atoms. The van der Waals surface area contributed by atoms with E-state index in [9.17, 15) is 4.79 Å². The predicted octanol–water partition coefficient (Wildman–Crippen LogP) is 2.63. The van der Waals surface area contributed by atoms with Gasteiger partial charge in [-0.1, -0.05) is 26.0 Å². The van der Waals surface area contributed by atoms with Crippen LogP contribution in [-0.2, 0) is 11.2 Å². The van der Waals surface area contributed by atoms with E-state index in [-0.39, 0.29) is 12.0 Å². The zero-order valence-electron chi connectivity index (χ0n) is 12.1. The van der Waals surface area contributed by atoms with Crippen LogP contribution in [0.4, 0.5) is 0 Å². The summed E-state index contributed by atoms with van der Waals surface area (Å²) in [7, 11) is 3.52. The van der Waals surface area contributed by atoms with Crippen molar-refractivity contribution in [1.82, 2.24) is 5.32 Å². The predicted molar refractivity (Wildman–Crippen MR) is 75.6 cm³/mol. The van der Waals surface area contributed by atoms with E-state index in [4.69, 9.17) is 9.84 Å². The second kappa shape index (κ2) is 7.14. The molecule has 0 amide bonds. The van der Waals surface area contributed by atoms with Crippen molar-refractivity contribution in [3.8, 4) is 5.75 Å². The molecule has 0 aromatic heterocycles. The molecule has 19 heavy (non-hydrogen) atoms. The first-order chi connectivity index (χ1) is 9.03. The number of aryl methyl sites for hydroxylation is 1. The topological polar surface area (TPSA) is 58.6 Å². The van der Waals surface area contributed by atoms with Gasteiger partial charge in [0.2, 0.25) is 0 Å². The Morgan fingerprint density at radius 1 is 1.47 bits per heavy atom. The van der Waals surface area contributed by atoms with Crippen molar-refractivity contribution < 1.29 is 14.6 Å². The highest BCUT2D eigenvalue weighted by molar-refractivity contribution is 5.69. The van der Waals surface area contributed by atoms with Crippen molar-refractivity contribution in [2.24, 2.45) is 5.92 Å². The van der Waals surface area contributed by atoms with E-state index < -0.39 is 5.97 Å². The summed E-state index contributed by atoms with van der Waals surface area (Å²) < 4.78 is 5.31. The van der Waals surface area contributed by atoms with Gasteiger partial charge in [0.05, 0.1) is 13.0 Å². The standard InChI is InChI=1S/C15H23NO3/c1-5-11-9-12(6-7-14(11)19-4)13(16-3)8-10(2)15(17)18/h6-7,9-10,13,16H,5,8H2,1-4H3,(H,17,18). The number of carboxylic acid groups (broad SMARTS) is 1. The second-order valence-corrected chi connectivity index (χ2v) is 4.74. The normalized spacial score (nSPS) is 13.9. The quantitative estimate of drug-likeness (QED) is 0.795. The van der Waals surface area contributed by atoms with Crippen LogP contribution < -0.4 is 10.1 Å². The minimum atomic E-state index is -0.760. The van der Waals surface area contributed by atoms with Gasteiger partial charge >= 0.3 is 5.97 Å². The van der Waals surface area contributed by atoms with Crippen LogP contribution in [0.5, 0.6) is 5.75 Å². The van der Waals surface area contributed by atoms with Crippen LogP contribution in [0.2, 0.25) is 0 Å². The van der Waals surface area contributed by atoms with Crippen molar-refractivity contribution in [1.29, 1.82) is 0 Å². The number of benzene rings is 1. The lowest BCUT2D eigenvalue weighted by Crippen LogP contribution is -2.22. The lowest BCUT2D eigenvalue weighted by Gasteiger charge is -2.20. The summed E-state index contributed by atoms with van der Waals surface area (Å²) in [5.41, 5.74) is 2.25. The fourth-order valence-electron chi connectivity index (χ4n) is 2.17. The first kappa shape index (κ1) is 15.5. The molecule has 0 saturated heterocycles. The summed E-state index contributed by atoms with van der Waals surface area (Å²) in [6.07, 6.45) is 1.46. The third-order valence-electron chi connectivity index (χ3n) is 3.45. The van der Waals surface area contributed by atoms with Crippen LogP contribution in [-0.4, -0.2) is 25.2 Å². The van der Waals surface area contributed by atoms with Crippen LogP contribution in [0.25, 0.3) is 0 Å². The summed E-state index contributed by atoms with van der Waals surface area (Å²) >= 11 is 0. The Kier molecular flexibility index (Phi) is 5.83. The summed E-state index contributed by atoms with van der Waals surface area (Å²) in [6, 6.07) is 6.08. The molecule has 0 fully saturated rings. The van der Waals surface area contributed by atoms with E-state index in [2.05, 4.69) is 18.3 Å². The fraction of sp³-hybridized carbons (Fsp3) is 0.533. The molecule has 0 heterocycles. The summed E-state index contributed by atoms with van der Waals surface area (Å²) in [5, 5.41) is 12.2. The number of rotatable bonds is 7. The fourth-order valence-corrected chi connectivity index (χ4v) is 2.17. The van der Waals surface area contributed by atoms with Crippen molar-refractivity contribution in [2.75, 3.05) is 14.2 Å². The molecule has 0 saturated carbocycles. The van der Waals surface area contributed by atoms with Gasteiger partial charge in [-0.3, -0.25) is 4.79 Å². The van der Waals surface area contributed by atoms with Gasteiger partial charge in [0.1, 0.15) is 5.75 Å². The summed E-state index contributed by atoms with van der Waals surface area (Å²) in [5.74, 6) is -0.249. The Bertz CT molecular complexity index is 431. The van der Waals surface area contributed by atoms with Gasteiger partial charge in [-0.2, -0.15) is 0 Å². The minimum absolute atomic E-state index is 0.0438. The summed E-state index contributed by atoms with van der Waals surface area (Å²) in [6.45, 7) is 3.81. The number of methoxy groups -OCH3 is 1. The van der Waals surface area contributed by atoms with Crippen molar-refractivity contribution in [3.63, 3.8) is 0 Å². The average Bonchev–Trinajstić information content (AvgIpc) is 2.43. The van der Waals surface area contributed by atoms with Gasteiger partial charge in [-0.15, -0.1) is 0 Å². The van der Waals surface area contributed by atoms with E-state index in [1.165, 1.54) is 0 Å². The number of aliphatic carboxylic acids is 1. The van der Waals surface area contributed by atoms with E-state index in [0.29, 0.717) is 6.42 Å². The molecule has 1 aromatic rings. The number of hydrogen-bond donors (Lipinski definition) is 2. The van der Waals surface area contributed by atoms with Gasteiger partial charge in [-0.25, -0.2) is 0 Å². The molecule has 2 N–H and O–H groups in total. The van der Waals surface area contributed by atoms with E-state index in [1.807, 2.05) is 19.2 Å². The molecule has 0 bridgehead atoms. The molecule has 4 nitrogen and oxygen atoms in total. The Morgan fingerprint density at radius 3 is 2.63 bits per heavy atom. The van der Waals surface area contributed by atoms with Crippen LogP contribution in [0.15, 0.2) is 18.2 Å². The van der Waals surface area contributed by atoms with E-state index >= 15 is 0 Å². The van der Waals surface area contributed by atoms with E-state index in [0.717, 1.165) is 23.3 Å². The summed E-state index contributed by atoms with van der Waals surface area (Å²) in [4.78, 5) is 11.0. The lowest BCUT2D eigenvalue weighted by atomic mass is 9.94. The zero-order valence-corrected chi connectivity index (χ0v) is 12.1. The molecule has 0 aliphatic heterocycles. The number of carboxylic acids is 1. The van der Waals surface area contributed by atoms with Crippen LogP contribution in [0, 0.1) is 5.92 Å². The molecule has 0 aliphatic carbocycles. The molecule has 0 radical (unpaired) electrons. The molecule has 106 valence electrons. The van der Waals surface area contributed by atoms with Crippen molar-refractivity contribution in [2.45, 2.75) is 32.7 Å². The van der Waals surface area contributed by atoms with Gasteiger partial charge in [0, 0.05) is 6.04 Å². The monoisotopic (exact) mass is 265 g/mol. The highest BCUT2D eigenvalue weighted by Crippen LogP contribution is 2.27. The van der Waals surface area contributed by atoms with Crippen LogP contribution >= 0.6 is 0 Å². The Morgan fingerprint density at radius 2 is 2.16 bits per heavy atom.